The van der Waals surface area contributed by atoms with Crippen LogP contribution in [0.15, 0.2) is 24.0 Å². The molecule has 1 aliphatic rings. The first-order chi connectivity index (χ1) is 6.74. The zero-order valence-electron chi connectivity index (χ0n) is 9.16. The summed E-state index contributed by atoms with van der Waals surface area (Å²) in [6.45, 7) is 8.38. The summed E-state index contributed by atoms with van der Waals surface area (Å²) in [5.74, 6) is 0.138. The molecule has 0 spiro atoms. The average molecular weight is 194 g/mol. The lowest BCUT2D eigenvalue weighted by molar-refractivity contribution is -0.130. The molecule has 78 valence electrons. The van der Waals surface area contributed by atoms with E-state index in [0.717, 1.165) is 25.3 Å². The number of amides is 1. The van der Waals surface area contributed by atoms with Gasteiger partial charge in [-0.25, -0.2) is 0 Å². The summed E-state index contributed by atoms with van der Waals surface area (Å²) < 4.78 is 0. The Bertz CT molecular complexity index is 268. The first-order valence-corrected chi connectivity index (χ1v) is 5.09. The molecule has 1 rings (SSSR count). The normalized spacial score (nSPS) is 21.4. The van der Waals surface area contributed by atoms with E-state index in [4.69, 9.17) is 0 Å². The van der Waals surface area contributed by atoms with Crippen LogP contribution in [0.2, 0.25) is 0 Å². The van der Waals surface area contributed by atoms with Crippen LogP contribution in [0.25, 0.3) is 0 Å². The summed E-state index contributed by atoms with van der Waals surface area (Å²) in [6.07, 6.45) is 5.79. The van der Waals surface area contributed by atoms with Crippen molar-refractivity contribution in [2.24, 2.45) is 0 Å². The Hall–Kier alpha value is -1.25. The molecule has 0 aliphatic carbocycles. The molecule has 3 nitrogen and oxygen atoms in total. The molecule has 0 radical (unpaired) electrons. The number of allylic oxidation sites excluding steroid dienone is 2. The van der Waals surface area contributed by atoms with Crippen molar-refractivity contribution < 1.29 is 4.79 Å². The number of likely N-dealkylation sites (N-methyl/N-ethyl adjacent to an activating group) is 1. The summed E-state index contributed by atoms with van der Waals surface area (Å²) in [7, 11) is 0. The molecule has 0 aromatic heterocycles. The van der Waals surface area contributed by atoms with Crippen molar-refractivity contribution in [1.29, 1.82) is 0 Å². The number of nitrogens with zero attached hydrogens (tertiary/aromatic N) is 2. The van der Waals surface area contributed by atoms with Gasteiger partial charge in [-0.15, -0.1) is 0 Å². The molecule has 0 bridgehead atoms. The van der Waals surface area contributed by atoms with Crippen LogP contribution in [-0.4, -0.2) is 35.3 Å². The van der Waals surface area contributed by atoms with Crippen LogP contribution < -0.4 is 0 Å². The third-order valence-electron chi connectivity index (χ3n) is 2.41. The van der Waals surface area contributed by atoms with E-state index in [1.807, 2.05) is 48.9 Å². The molecule has 3 heteroatoms. The number of piperazine rings is 1. The van der Waals surface area contributed by atoms with Crippen molar-refractivity contribution in [3.05, 3.63) is 24.0 Å². The Kier molecular flexibility index (Phi) is 3.74. The Morgan fingerprint density at radius 1 is 1.36 bits per heavy atom. The molecule has 0 aromatic carbocycles. The molecular weight excluding hydrogens is 176 g/mol. The largest absolute Gasteiger partial charge is 0.342 e. The van der Waals surface area contributed by atoms with Crippen LogP contribution in [0.1, 0.15) is 20.8 Å². The number of hydrogen-bond acceptors (Lipinski definition) is 2. The van der Waals surface area contributed by atoms with E-state index in [2.05, 4.69) is 0 Å². The van der Waals surface area contributed by atoms with Gasteiger partial charge in [0.2, 0.25) is 0 Å². The van der Waals surface area contributed by atoms with Crippen molar-refractivity contribution in [3.8, 4) is 0 Å². The number of carbonyl (C=O) groups excluding carboxylic acids is 1. The van der Waals surface area contributed by atoms with Gasteiger partial charge >= 0.3 is 0 Å². The fourth-order valence-corrected chi connectivity index (χ4v) is 1.66. The summed E-state index contributed by atoms with van der Waals surface area (Å²) in [5, 5.41) is 0. The van der Waals surface area contributed by atoms with Crippen molar-refractivity contribution >= 4 is 5.91 Å². The zero-order chi connectivity index (χ0) is 10.6. The lowest BCUT2D eigenvalue weighted by atomic mass is 10.2. The molecule has 1 aliphatic heterocycles. The van der Waals surface area contributed by atoms with E-state index < -0.39 is 0 Å². The van der Waals surface area contributed by atoms with Gasteiger partial charge < -0.3 is 9.80 Å². The number of hydrogen-bond donors (Lipinski definition) is 0. The molecule has 0 saturated carbocycles. The molecule has 1 heterocycles. The van der Waals surface area contributed by atoms with Gasteiger partial charge in [0.15, 0.2) is 0 Å². The van der Waals surface area contributed by atoms with Crippen molar-refractivity contribution in [2.45, 2.75) is 20.8 Å². The molecule has 0 aromatic rings. The van der Waals surface area contributed by atoms with Crippen LogP contribution >= 0.6 is 0 Å². The van der Waals surface area contributed by atoms with E-state index in [-0.39, 0.29) is 5.91 Å². The van der Waals surface area contributed by atoms with Crippen molar-refractivity contribution in [2.75, 3.05) is 19.6 Å². The SMILES string of the molecule is C/C=C\N1CCN(CC)C(=O)/C1=C/C. The minimum atomic E-state index is 0.138. The van der Waals surface area contributed by atoms with Gasteiger partial charge in [0, 0.05) is 19.6 Å². The third kappa shape index (κ3) is 1.97. The quantitative estimate of drug-likeness (QED) is 0.623. The fraction of sp³-hybridized carbons (Fsp3) is 0.545. The monoisotopic (exact) mass is 194 g/mol. The molecule has 0 unspecified atom stereocenters. The molecule has 0 N–H and O–H groups in total. The molecule has 1 fully saturated rings. The zero-order valence-corrected chi connectivity index (χ0v) is 9.16. The first kappa shape index (κ1) is 10.8. The highest BCUT2D eigenvalue weighted by Gasteiger charge is 2.25. The lowest BCUT2D eigenvalue weighted by Gasteiger charge is -2.34. The van der Waals surface area contributed by atoms with Gasteiger partial charge in [-0.1, -0.05) is 12.2 Å². The highest BCUT2D eigenvalue weighted by Crippen LogP contribution is 2.14. The van der Waals surface area contributed by atoms with E-state index in [1.54, 1.807) is 0 Å². The van der Waals surface area contributed by atoms with Crippen LogP contribution in [0.4, 0.5) is 0 Å². The van der Waals surface area contributed by atoms with Gasteiger partial charge in [0.05, 0.1) is 0 Å². The molecular formula is C11H18N2O. The van der Waals surface area contributed by atoms with E-state index in [1.165, 1.54) is 0 Å². The summed E-state index contributed by atoms with van der Waals surface area (Å²) >= 11 is 0. The standard InChI is InChI=1S/C11H18N2O/c1-4-7-13-9-8-12(6-3)11(14)10(13)5-2/h4-5,7H,6,8-9H2,1-3H3/b7-4-,10-5-. The minimum Gasteiger partial charge on any atom is -0.342 e. The lowest BCUT2D eigenvalue weighted by Crippen LogP contribution is -2.46. The van der Waals surface area contributed by atoms with E-state index in [9.17, 15) is 4.79 Å². The summed E-state index contributed by atoms with van der Waals surface area (Å²) in [5.41, 5.74) is 0.788. The highest BCUT2D eigenvalue weighted by atomic mass is 16.2. The maximum Gasteiger partial charge on any atom is 0.270 e. The molecule has 0 atom stereocenters. The van der Waals surface area contributed by atoms with Crippen LogP contribution in [0.3, 0.4) is 0 Å². The second-order valence-corrected chi connectivity index (χ2v) is 3.23. The maximum absolute atomic E-state index is 11.9. The Morgan fingerprint density at radius 3 is 2.57 bits per heavy atom. The Morgan fingerprint density at radius 2 is 2.07 bits per heavy atom. The number of rotatable bonds is 2. The second-order valence-electron chi connectivity index (χ2n) is 3.23. The van der Waals surface area contributed by atoms with Crippen LogP contribution in [-0.2, 0) is 4.79 Å². The first-order valence-electron chi connectivity index (χ1n) is 5.09. The van der Waals surface area contributed by atoms with Gasteiger partial charge in [-0.2, -0.15) is 0 Å². The van der Waals surface area contributed by atoms with Gasteiger partial charge in [0.25, 0.3) is 5.91 Å². The Labute approximate surface area is 85.7 Å². The van der Waals surface area contributed by atoms with Gasteiger partial charge in [-0.3, -0.25) is 4.79 Å². The topological polar surface area (TPSA) is 23.6 Å². The van der Waals surface area contributed by atoms with E-state index in [0.29, 0.717) is 0 Å². The average Bonchev–Trinajstić information content (AvgIpc) is 2.19. The summed E-state index contributed by atoms with van der Waals surface area (Å²) in [6, 6.07) is 0. The summed E-state index contributed by atoms with van der Waals surface area (Å²) in [4.78, 5) is 15.7. The number of carbonyl (C=O) groups is 1. The smallest absolute Gasteiger partial charge is 0.270 e. The second kappa shape index (κ2) is 4.84. The maximum atomic E-state index is 11.9. The van der Waals surface area contributed by atoms with E-state index >= 15 is 0 Å². The predicted octanol–water partition coefficient (Wildman–Crippen LogP) is 1.59. The Balaban J connectivity index is 2.83. The van der Waals surface area contributed by atoms with Gasteiger partial charge in [-0.05, 0) is 27.0 Å². The molecule has 14 heavy (non-hydrogen) atoms. The highest BCUT2D eigenvalue weighted by molar-refractivity contribution is 5.93. The van der Waals surface area contributed by atoms with Crippen molar-refractivity contribution in [3.63, 3.8) is 0 Å². The van der Waals surface area contributed by atoms with Crippen LogP contribution in [0, 0.1) is 0 Å². The minimum absolute atomic E-state index is 0.138. The third-order valence-corrected chi connectivity index (χ3v) is 2.41. The molecule has 1 amide bonds. The van der Waals surface area contributed by atoms with Gasteiger partial charge in [0.1, 0.15) is 5.70 Å². The van der Waals surface area contributed by atoms with Crippen molar-refractivity contribution in [1.82, 2.24) is 9.80 Å². The fourth-order valence-electron chi connectivity index (χ4n) is 1.66. The predicted molar refractivity (Wildman–Crippen MR) is 57.5 cm³/mol. The molecule has 1 saturated heterocycles. The van der Waals surface area contributed by atoms with Crippen LogP contribution in [0.5, 0.6) is 0 Å².